The molecule has 0 saturated carbocycles. The van der Waals surface area contributed by atoms with Crippen molar-refractivity contribution in [1.82, 2.24) is 14.9 Å². The molecule has 3 rings (SSSR count). The van der Waals surface area contributed by atoms with Gasteiger partial charge in [-0.25, -0.2) is 9.97 Å². The van der Waals surface area contributed by atoms with Crippen molar-refractivity contribution in [3.8, 4) is 0 Å². The van der Waals surface area contributed by atoms with Gasteiger partial charge in [-0.3, -0.25) is 14.4 Å². The molecule has 0 atom stereocenters. The quantitative estimate of drug-likeness (QED) is 0.762. The lowest BCUT2D eigenvalue weighted by Gasteiger charge is -2.33. The highest BCUT2D eigenvalue weighted by Crippen LogP contribution is 2.17. The van der Waals surface area contributed by atoms with E-state index in [-0.39, 0.29) is 17.5 Å². The van der Waals surface area contributed by atoms with E-state index in [2.05, 4.69) is 20.6 Å². The molecule has 1 aliphatic rings. The van der Waals surface area contributed by atoms with Gasteiger partial charge in [0, 0.05) is 50.5 Å². The molecule has 0 radical (unpaired) electrons. The van der Waals surface area contributed by atoms with Gasteiger partial charge in [-0.05, 0) is 18.2 Å². The second-order valence-electron chi connectivity index (χ2n) is 6.11. The van der Waals surface area contributed by atoms with Crippen LogP contribution in [0.3, 0.4) is 0 Å². The van der Waals surface area contributed by atoms with Gasteiger partial charge in [-0.1, -0.05) is 6.07 Å². The number of hydrogen-bond acceptors (Lipinski definition) is 6. The topological polar surface area (TPSA) is 108 Å². The van der Waals surface area contributed by atoms with Crippen molar-refractivity contribution in [2.75, 3.05) is 41.7 Å². The van der Waals surface area contributed by atoms with Crippen LogP contribution in [0.25, 0.3) is 0 Å². The van der Waals surface area contributed by atoms with Gasteiger partial charge in [0.25, 0.3) is 5.91 Å². The maximum Gasteiger partial charge on any atom is 0.274 e. The number of nitrogens with one attached hydrogen (secondary N) is 2. The minimum Gasteiger partial charge on any atom is -0.353 e. The van der Waals surface area contributed by atoms with E-state index in [1.54, 1.807) is 35.2 Å². The number of hydrogen-bond donors (Lipinski definition) is 2. The van der Waals surface area contributed by atoms with E-state index >= 15 is 0 Å². The number of carbonyl (C=O) groups excluding carboxylic acids is 3. The molecule has 1 fully saturated rings. The van der Waals surface area contributed by atoms with Crippen molar-refractivity contribution >= 4 is 35.4 Å². The molecule has 2 aromatic rings. The minimum atomic E-state index is -0.370. The van der Waals surface area contributed by atoms with E-state index in [0.717, 1.165) is 6.41 Å². The third-order valence-electron chi connectivity index (χ3n) is 4.11. The highest BCUT2D eigenvalue weighted by atomic mass is 16.2. The Labute approximate surface area is 156 Å². The van der Waals surface area contributed by atoms with Gasteiger partial charge in [0.15, 0.2) is 0 Å². The minimum absolute atomic E-state index is 0.186. The van der Waals surface area contributed by atoms with Gasteiger partial charge in [-0.2, -0.15) is 0 Å². The second kappa shape index (κ2) is 8.26. The number of amides is 3. The van der Waals surface area contributed by atoms with Crippen molar-refractivity contribution in [1.29, 1.82) is 0 Å². The zero-order valence-corrected chi connectivity index (χ0v) is 14.9. The van der Waals surface area contributed by atoms with Crippen LogP contribution in [0.2, 0.25) is 0 Å². The lowest BCUT2D eigenvalue weighted by Crippen LogP contribution is -2.46. The SMILES string of the molecule is CC(=O)Nc1cccc(NC(=O)c2cc(N3CCN(C=O)CC3)ncn2)c1. The zero-order chi connectivity index (χ0) is 19.2. The Morgan fingerprint density at radius 2 is 1.74 bits per heavy atom. The fourth-order valence-electron chi connectivity index (χ4n) is 2.77. The third-order valence-corrected chi connectivity index (χ3v) is 4.11. The lowest BCUT2D eigenvalue weighted by molar-refractivity contribution is -0.118. The summed E-state index contributed by atoms with van der Waals surface area (Å²) in [5.74, 6) is 0.0893. The second-order valence-corrected chi connectivity index (χ2v) is 6.11. The van der Waals surface area contributed by atoms with Crippen molar-refractivity contribution in [2.45, 2.75) is 6.92 Å². The molecule has 1 aromatic heterocycles. The summed E-state index contributed by atoms with van der Waals surface area (Å²) in [4.78, 5) is 46.5. The first kappa shape index (κ1) is 18.3. The standard InChI is InChI=1S/C18H20N6O3/c1-13(26)21-14-3-2-4-15(9-14)22-18(27)16-10-17(20-11-19-16)24-7-5-23(12-25)6-8-24/h2-4,9-12H,5-8H2,1H3,(H,21,26)(H,22,27). The Bertz CT molecular complexity index is 848. The maximum absolute atomic E-state index is 12.5. The number of carbonyl (C=O) groups is 3. The molecule has 3 amide bonds. The van der Waals surface area contributed by atoms with Gasteiger partial charge >= 0.3 is 0 Å². The number of benzene rings is 1. The molecular weight excluding hydrogens is 348 g/mol. The first-order valence-corrected chi connectivity index (χ1v) is 8.50. The molecule has 2 heterocycles. The molecule has 1 saturated heterocycles. The maximum atomic E-state index is 12.5. The summed E-state index contributed by atoms with van der Waals surface area (Å²) < 4.78 is 0. The smallest absolute Gasteiger partial charge is 0.274 e. The first-order valence-electron chi connectivity index (χ1n) is 8.50. The van der Waals surface area contributed by atoms with Gasteiger partial charge < -0.3 is 20.4 Å². The summed E-state index contributed by atoms with van der Waals surface area (Å²) in [5.41, 5.74) is 1.38. The average molecular weight is 368 g/mol. The van der Waals surface area contributed by atoms with E-state index in [0.29, 0.717) is 43.4 Å². The molecule has 27 heavy (non-hydrogen) atoms. The normalized spacial score (nSPS) is 13.8. The van der Waals surface area contributed by atoms with Crippen molar-refractivity contribution in [2.24, 2.45) is 0 Å². The number of aromatic nitrogens is 2. The van der Waals surface area contributed by atoms with Crippen LogP contribution in [0, 0.1) is 0 Å². The van der Waals surface area contributed by atoms with E-state index < -0.39 is 0 Å². The fraction of sp³-hybridized carbons (Fsp3) is 0.278. The third kappa shape index (κ3) is 4.78. The predicted molar refractivity (Wildman–Crippen MR) is 101 cm³/mol. The predicted octanol–water partition coefficient (Wildman–Crippen LogP) is 0.966. The monoisotopic (exact) mass is 368 g/mol. The van der Waals surface area contributed by atoms with E-state index in [4.69, 9.17) is 0 Å². The highest BCUT2D eigenvalue weighted by molar-refractivity contribution is 6.03. The number of nitrogens with zero attached hydrogens (tertiary/aromatic N) is 4. The van der Waals surface area contributed by atoms with Gasteiger partial charge in [-0.15, -0.1) is 0 Å². The summed E-state index contributed by atoms with van der Waals surface area (Å²) in [6, 6.07) is 8.49. The van der Waals surface area contributed by atoms with Gasteiger partial charge in [0.05, 0.1) is 0 Å². The van der Waals surface area contributed by atoms with Crippen LogP contribution in [0.4, 0.5) is 17.2 Å². The Morgan fingerprint density at radius 1 is 1.04 bits per heavy atom. The molecule has 2 N–H and O–H groups in total. The van der Waals surface area contributed by atoms with Crippen molar-refractivity contribution < 1.29 is 14.4 Å². The molecular formula is C18H20N6O3. The summed E-state index contributed by atoms with van der Waals surface area (Å²) in [7, 11) is 0. The molecule has 0 spiro atoms. The van der Waals surface area contributed by atoms with Crippen LogP contribution < -0.4 is 15.5 Å². The summed E-state index contributed by atoms with van der Waals surface area (Å²) in [6.45, 7) is 3.95. The average Bonchev–Trinajstić information content (AvgIpc) is 2.68. The van der Waals surface area contributed by atoms with Crippen LogP contribution in [-0.2, 0) is 9.59 Å². The largest absolute Gasteiger partial charge is 0.353 e. The van der Waals surface area contributed by atoms with Gasteiger partial charge in [0.1, 0.15) is 17.8 Å². The van der Waals surface area contributed by atoms with Crippen molar-refractivity contribution in [3.63, 3.8) is 0 Å². The Hall–Kier alpha value is -3.49. The Balaban J connectivity index is 1.69. The number of anilines is 3. The van der Waals surface area contributed by atoms with Gasteiger partial charge in [0.2, 0.25) is 12.3 Å². The number of rotatable bonds is 5. The first-order chi connectivity index (χ1) is 13.0. The summed E-state index contributed by atoms with van der Waals surface area (Å²) in [5, 5.41) is 5.43. The van der Waals surface area contributed by atoms with Crippen LogP contribution in [0.1, 0.15) is 17.4 Å². The molecule has 0 bridgehead atoms. The molecule has 0 unspecified atom stereocenters. The molecule has 140 valence electrons. The fourth-order valence-corrected chi connectivity index (χ4v) is 2.77. The van der Waals surface area contributed by atoms with Crippen LogP contribution in [0.5, 0.6) is 0 Å². The van der Waals surface area contributed by atoms with E-state index in [1.807, 2.05) is 4.90 Å². The van der Waals surface area contributed by atoms with Crippen LogP contribution >= 0.6 is 0 Å². The van der Waals surface area contributed by atoms with Crippen LogP contribution in [-0.4, -0.2) is 59.3 Å². The molecule has 1 aromatic carbocycles. The number of piperazine rings is 1. The molecule has 1 aliphatic heterocycles. The summed E-state index contributed by atoms with van der Waals surface area (Å²) >= 11 is 0. The molecule has 9 heteroatoms. The lowest BCUT2D eigenvalue weighted by atomic mass is 10.2. The molecule has 9 nitrogen and oxygen atoms in total. The van der Waals surface area contributed by atoms with Crippen molar-refractivity contribution in [3.05, 3.63) is 42.4 Å². The Morgan fingerprint density at radius 3 is 2.41 bits per heavy atom. The highest BCUT2D eigenvalue weighted by Gasteiger charge is 2.18. The van der Waals surface area contributed by atoms with Crippen LogP contribution in [0.15, 0.2) is 36.7 Å². The van der Waals surface area contributed by atoms with E-state index in [1.165, 1.54) is 13.3 Å². The van der Waals surface area contributed by atoms with E-state index in [9.17, 15) is 14.4 Å². The summed E-state index contributed by atoms with van der Waals surface area (Å²) in [6.07, 6.45) is 2.19. The Kier molecular flexibility index (Phi) is 5.60. The zero-order valence-electron chi connectivity index (χ0n) is 14.9. The molecule has 0 aliphatic carbocycles.